The Morgan fingerprint density at radius 3 is 2.36 bits per heavy atom. The smallest absolute Gasteiger partial charge is 0.325 e. The third-order valence-electron chi connectivity index (χ3n) is 4.37. The molecule has 3 rings (SSSR count). The Labute approximate surface area is 166 Å². The topological polar surface area (TPSA) is 87.0 Å². The maximum Gasteiger partial charge on any atom is 0.325 e. The summed E-state index contributed by atoms with van der Waals surface area (Å²) in [7, 11) is -1.17. The lowest BCUT2D eigenvalue weighted by atomic mass is 10.1. The summed E-state index contributed by atoms with van der Waals surface area (Å²) in [6, 6.07) is 9.87. The average molecular weight is 421 g/mol. The highest BCUT2D eigenvalue weighted by Crippen LogP contribution is 2.23. The molecule has 0 saturated carbocycles. The molecule has 0 radical (unpaired) electrons. The molecular weight excluding hydrogens is 400 g/mol. The Kier molecular flexibility index (Phi) is 5.57. The predicted molar refractivity (Wildman–Crippen MR) is 107 cm³/mol. The fourth-order valence-corrected chi connectivity index (χ4v) is 4.95. The van der Waals surface area contributed by atoms with Crippen molar-refractivity contribution in [1.29, 1.82) is 0 Å². The SMILES string of the molecule is COC(=O)Cn1c(=NS(=O)(=O)c2ccc(OC)cc2)sc2cc(C)c(C)cc21. The zero-order valence-corrected chi connectivity index (χ0v) is 17.6. The number of sulfonamides is 1. The van der Waals surface area contributed by atoms with Crippen LogP contribution < -0.4 is 9.54 Å². The zero-order chi connectivity index (χ0) is 20.5. The van der Waals surface area contributed by atoms with Crippen molar-refractivity contribution < 1.29 is 22.7 Å². The van der Waals surface area contributed by atoms with Crippen molar-refractivity contribution in [3.8, 4) is 5.75 Å². The van der Waals surface area contributed by atoms with Crippen LogP contribution in [0, 0.1) is 13.8 Å². The molecular formula is C19H20N2O5S2. The van der Waals surface area contributed by atoms with Crippen LogP contribution in [0.2, 0.25) is 0 Å². The van der Waals surface area contributed by atoms with E-state index in [-0.39, 0.29) is 16.2 Å². The second-order valence-electron chi connectivity index (χ2n) is 6.19. The minimum atomic E-state index is -3.96. The number of thiazole rings is 1. The Hall–Kier alpha value is -2.65. The van der Waals surface area contributed by atoms with Crippen LogP contribution in [0.5, 0.6) is 5.75 Å². The molecule has 0 unspecified atom stereocenters. The molecule has 1 heterocycles. The molecule has 3 aromatic rings. The molecule has 0 aliphatic carbocycles. The van der Waals surface area contributed by atoms with Gasteiger partial charge >= 0.3 is 5.97 Å². The average Bonchev–Trinajstić information content (AvgIpc) is 2.97. The lowest BCUT2D eigenvalue weighted by Gasteiger charge is -2.06. The number of aromatic nitrogens is 1. The third-order valence-corrected chi connectivity index (χ3v) is 6.81. The first-order chi connectivity index (χ1) is 13.2. The fourth-order valence-electron chi connectivity index (χ4n) is 2.64. The summed E-state index contributed by atoms with van der Waals surface area (Å²) < 4.78 is 41.8. The maximum atomic E-state index is 12.8. The van der Waals surface area contributed by atoms with Crippen molar-refractivity contribution >= 4 is 37.5 Å². The van der Waals surface area contributed by atoms with Gasteiger partial charge in [-0.2, -0.15) is 8.42 Å². The van der Waals surface area contributed by atoms with E-state index in [4.69, 9.17) is 9.47 Å². The summed E-state index contributed by atoms with van der Waals surface area (Å²) in [5.74, 6) is 0.0636. The summed E-state index contributed by atoms with van der Waals surface area (Å²) in [5.41, 5.74) is 2.85. The quantitative estimate of drug-likeness (QED) is 0.593. The van der Waals surface area contributed by atoms with Gasteiger partial charge in [-0.3, -0.25) is 4.79 Å². The van der Waals surface area contributed by atoms with E-state index in [0.717, 1.165) is 21.3 Å². The minimum Gasteiger partial charge on any atom is -0.497 e. The highest BCUT2D eigenvalue weighted by molar-refractivity contribution is 7.90. The molecule has 1 aromatic heterocycles. The number of esters is 1. The van der Waals surface area contributed by atoms with Crippen molar-refractivity contribution in [2.24, 2.45) is 4.40 Å². The lowest BCUT2D eigenvalue weighted by Crippen LogP contribution is -2.22. The molecule has 9 heteroatoms. The Morgan fingerprint density at radius 2 is 1.75 bits per heavy atom. The van der Waals surface area contributed by atoms with Gasteiger partial charge in [0.05, 0.1) is 29.3 Å². The highest BCUT2D eigenvalue weighted by Gasteiger charge is 2.17. The zero-order valence-electron chi connectivity index (χ0n) is 15.9. The monoisotopic (exact) mass is 420 g/mol. The van der Waals surface area contributed by atoms with E-state index in [1.165, 1.54) is 37.7 Å². The van der Waals surface area contributed by atoms with Gasteiger partial charge in [0.25, 0.3) is 10.0 Å². The van der Waals surface area contributed by atoms with Crippen molar-refractivity contribution in [1.82, 2.24) is 4.57 Å². The van der Waals surface area contributed by atoms with Gasteiger partial charge in [-0.15, -0.1) is 4.40 Å². The van der Waals surface area contributed by atoms with Crippen molar-refractivity contribution in [2.75, 3.05) is 14.2 Å². The first kappa shape index (κ1) is 20.1. The molecule has 2 aromatic carbocycles. The molecule has 0 atom stereocenters. The Bertz CT molecular complexity index is 1210. The lowest BCUT2D eigenvalue weighted by molar-refractivity contribution is -0.141. The maximum absolute atomic E-state index is 12.8. The standard InChI is InChI=1S/C19H20N2O5S2/c1-12-9-16-17(10-13(12)2)27-19(21(16)11-18(22)26-4)20-28(23,24)15-7-5-14(25-3)6-8-15/h5-10H,11H2,1-4H3. The molecule has 148 valence electrons. The number of carbonyl (C=O) groups is 1. The number of aryl methyl sites for hydroxylation is 2. The summed E-state index contributed by atoms with van der Waals surface area (Å²) in [4.78, 5) is 12.1. The van der Waals surface area contributed by atoms with E-state index >= 15 is 0 Å². The molecule has 0 saturated heterocycles. The van der Waals surface area contributed by atoms with Crippen LogP contribution in [-0.4, -0.2) is 33.2 Å². The summed E-state index contributed by atoms with van der Waals surface area (Å²) in [6.45, 7) is 3.81. The molecule has 0 aliphatic rings. The van der Waals surface area contributed by atoms with Crippen LogP contribution >= 0.6 is 11.3 Å². The van der Waals surface area contributed by atoms with E-state index in [9.17, 15) is 13.2 Å². The molecule has 0 spiro atoms. The van der Waals surface area contributed by atoms with Crippen molar-refractivity contribution in [3.05, 3.63) is 52.3 Å². The molecule has 0 aliphatic heterocycles. The number of rotatable bonds is 5. The van der Waals surface area contributed by atoms with Gasteiger partial charge in [-0.05, 0) is 61.4 Å². The second kappa shape index (κ2) is 7.76. The van der Waals surface area contributed by atoms with Crippen LogP contribution in [0.3, 0.4) is 0 Å². The molecule has 0 bridgehead atoms. The van der Waals surface area contributed by atoms with Crippen LogP contribution in [0.15, 0.2) is 45.7 Å². The van der Waals surface area contributed by atoms with E-state index in [2.05, 4.69) is 4.40 Å². The van der Waals surface area contributed by atoms with Gasteiger partial charge < -0.3 is 14.0 Å². The number of benzene rings is 2. The summed E-state index contributed by atoms with van der Waals surface area (Å²) >= 11 is 1.21. The molecule has 0 fully saturated rings. The van der Waals surface area contributed by atoms with Gasteiger partial charge in [0.2, 0.25) is 4.80 Å². The molecule has 0 amide bonds. The molecule has 7 nitrogen and oxygen atoms in total. The minimum absolute atomic E-state index is 0.0442. The number of fused-ring (bicyclic) bond motifs is 1. The van der Waals surface area contributed by atoms with E-state index in [1.54, 1.807) is 16.7 Å². The van der Waals surface area contributed by atoms with Crippen LogP contribution in [-0.2, 0) is 26.1 Å². The number of carbonyl (C=O) groups excluding carboxylic acids is 1. The van der Waals surface area contributed by atoms with Gasteiger partial charge in [0.1, 0.15) is 12.3 Å². The largest absolute Gasteiger partial charge is 0.497 e. The highest BCUT2D eigenvalue weighted by atomic mass is 32.2. The number of ether oxygens (including phenoxy) is 2. The van der Waals surface area contributed by atoms with Crippen LogP contribution in [0.25, 0.3) is 10.2 Å². The van der Waals surface area contributed by atoms with E-state index in [1.807, 2.05) is 26.0 Å². The number of hydrogen-bond acceptors (Lipinski definition) is 6. The summed E-state index contributed by atoms with van der Waals surface area (Å²) in [5, 5.41) is 0. The number of hydrogen-bond donors (Lipinski definition) is 0. The number of methoxy groups -OCH3 is 2. The Balaban J connectivity index is 2.21. The van der Waals surface area contributed by atoms with Crippen molar-refractivity contribution in [2.45, 2.75) is 25.3 Å². The second-order valence-corrected chi connectivity index (χ2v) is 8.81. The molecule has 28 heavy (non-hydrogen) atoms. The van der Waals surface area contributed by atoms with E-state index < -0.39 is 16.0 Å². The summed E-state index contributed by atoms with van der Waals surface area (Å²) in [6.07, 6.45) is 0. The van der Waals surface area contributed by atoms with Gasteiger partial charge in [-0.1, -0.05) is 11.3 Å². The third kappa shape index (κ3) is 3.95. The Morgan fingerprint density at radius 1 is 1.11 bits per heavy atom. The van der Waals surface area contributed by atoms with Gasteiger partial charge in [-0.25, -0.2) is 0 Å². The van der Waals surface area contributed by atoms with E-state index in [0.29, 0.717) is 5.75 Å². The first-order valence-electron chi connectivity index (χ1n) is 8.37. The first-order valence-corrected chi connectivity index (χ1v) is 10.6. The normalized spacial score (nSPS) is 12.4. The number of nitrogens with zero attached hydrogens (tertiary/aromatic N) is 2. The predicted octanol–water partition coefficient (Wildman–Crippen LogP) is 2.79. The van der Waals surface area contributed by atoms with Gasteiger partial charge in [0.15, 0.2) is 0 Å². The van der Waals surface area contributed by atoms with Crippen LogP contribution in [0.1, 0.15) is 11.1 Å². The van der Waals surface area contributed by atoms with Crippen molar-refractivity contribution in [3.63, 3.8) is 0 Å². The molecule has 0 N–H and O–H groups in total. The fraction of sp³-hybridized carbons (Fsp3) is 0.263. The van der Waals surface area contributed by atoms with Crippen LogP contribution in [0.4, 0.5) is 0 Å². The van der Waals surface area contributed by atoms with Gasteiger partial charge in [0, 0.05) is 0 Å².